The summed E-state index contributed by atoms with van der Waals surface area (Å²) in [7, 11) is -1.75. The predicted molar refractivity (Wildman–Crippen MR) is 62.7 cm³/mol. The molecule has 14 heavy (non-hydrogen) atoms. The summed E-state index contributed by atoms with van der Waals surface area (Å²) in [6.45, 7) is 12.1. The Kier molecular flexibility index (Phi) is 4.85. The Labute approximate surface area is 89.2 Å². The van der Waals surface area contributed by atoms with Crippen molar-refractivity contribution in [1.29, 1.82) is 0 Å². The Morgan fingerprint density at radius 1 is 1.29 bits per heavy atom. The van der Waals surface area contributed by atoms with E-state index in [9.17, 15) is 4.79 Å². The van der Waals surface area contributed by atoms with Crippen LogP contribution >= 0.6 is 0 Å². The van der Waals surface area contributed by atoms with Crippen molar-refractivity contribution >= 4 is 14.3 Å². The van der Waals surface area contributed by atoms with Crippen molar-refractivity contribution in [3.63, 3.8) is 0 Å². The lowest BCUT2D eigenvalue weighted by Crippen LogP contribution is -2.37. The SMILES string of the molecule is CCCC[Si](C)(C)OC(=O)C(C)(C)C. The van der Waals surface area contributed by atoms with E-state index in [0.717, 1.165) is 12.5 Å². The van der Waals surface area contributed by atoms with E-state index >= 15 is 0 Å². The molecular weight excluding hydrogens is 192 g/mol. The largest absolute Gasteiger partial charge is 0.519 e. The van der Waals surface area contributed by atoms with E-state index in [1.807, 2.05) is 20.8 Å². The molecule has 0 amide bonds. The molecule has 0 N–H and O–H groups in total. The van der Waals surface area contributed by atoms with Gasteiger partial charge in [0, 0.05) is 0 Å². The summed E-state index contributed by atoms with van der Waals surface area (Å²) in [4.78, 5) is 11.7. The number of carbonyl (C=O) groups excluding carboxylic acids is 1. The first kappa shape index (κ1) is 13.7. The van der Waals surface area contributed by atoms with E-state index in [-0.39, 0.29) is 11.4 Å². The molecule has 84 valence electrons. The predicted octanol–water partition coefficient (Wildman–Crippen LogP) is 3.58. The molecule has 0 aromatic heterocycles. The maximum atomic E-state index is 11.7. The van der Waals surface area contributed by atoms with Crippen LogP contribution in [0.3, 0.4) is 0 Å². The van der Waals surface area contributed by atoms with Crippen LogP contribution in [0.15, 0.2) is 0 Å². The Hall–Kier alpha value is -0.313. The fourth-order valence-corrected chi connectivity index (χ4v) is 3.17. The highest BCUT2D eigenvalue weighted by Gasteiger charge is 2.31. The van der Waals surface area contributed by atoms with Gasteiger partial charge >= 0.3 is 0 Å². The third kappa shape index (κ3) is 5.42. The molecule has 0 radical (unpaired) electrons. The van der Waals surface area contributed by atoms with Crippen LogP contribution in [-0.4, -0.2) is 14.3 Å². The van der Waals surface area contributed by atoms with Gasteiger partial charge in [0.25, 0.3) is 5.97 Å². The quantitative estimate of drug-likeness (QED) is 0.671. The lowest BCUT2D eigenvalue weighted by atomic mass is 9.98. The summed E-state index contributed by atoms with van der Waals surface area (Å²) in [5.41, 5.74) is -0.365. The lowest BCUT2D eigenvalue weighted by Gasteiger charge is -2.27. The van der Waals surface area contributed by atoms with Crippen LogP contribution in [0, 0.1) is 5.41 Å². The first-order valence-corrected chi connectivity index (χ1v) is 8.54. The Balaban J connectivity index is 4.15. The van der Waals surface area contributed by atoms with E-state index in [1.54, 1.807) is 0 Å². The van der Waals surface area contributed by atoms with Gasteiger partial charge in [0.1, 0.15) is 0 Å². The summed E-state index contributed by atoms with van der Waals surface area (Å²) in [5, 5.41) is 0. The van der Waals surface area contributed by atoms with Gasteiger partial charge in [-0.3, -0.25) is 4.79 Å². The number of hydrogen-bond donors (Lipinski definition) is 0. The Bertz CT molecular complexity index is 192. The van der Waals surface area contributed by atoms with Crippen LogP contribution in [0.2, 0.25) is 19.1 Å². The highest BCUT2D eigenvalue weighted by Crippen LogP contribution is 2.22. The minimum Gasteiger partial charge on any atom is -0.519 e. The maximum Gasteiger partial charge on any atom is 0.297 e. The summed E-state index contributed by atoms with van der Waals surface area (Å²) in [5.74, 6) is -0.0507. The molecule has 0 aromatic rings. The van der Waals surface area contributed by atoms with Gasteiger partial charge in [-0.05, 0) is 39.9 Å². The molecule has 0 aromatic carbocycles. The second-order valence-electron chi connectivity index (χ2n) is 5.50. The van der Waals surface area contributed by atoms with Gasteiger partial charge in [-0.15, -0.1) is 0 Å². The van der Waals surface area contributed by atoms with E-state index in [0.29, 0.717) is 0 Å². The maximum absolute atomic E-state index is 11.7. The smallest absolute Gasteiger partial charge is 0.297 e. The standard InChI is InChI=1S/C11H24O2Si/c1-7-8-9-14(5,6)13-10(12)11(2,3)4/h7-9H2,1-6H3. The van der Waals surface area contributed by atoms with E-state index in [2.05, 4.69) is 20.0 Å². The summed E-state index contributed by atoms with van der Waals surface area (Å²) < 4.78 is 5.60. The zero-order chi connectivity index (χ0) is 11.4. The number of hydrogen-bond acceptors (Lipinski definition) is 2. The molecular formula is C11H24O2Si. The Morgan fingerprint density at radius 3 is 2.14 bits per heavy atom. The van der Waals surface area contributed by atoms with Crippen molar-refractivity contribution in [2.24, 2.45) is 5.41 Å². The fraction of sp³-hybridized carbons (Fsp3) is 0.909. The van der Waals surface area contributed by atoms with E-state index in [4.69, 9.17) is 4.43 Å². The monoisotopic (exact) mass is 216 g/mol. The van der Waals surface area contributed by atoms with Crippen LogP contribution in [0.25, 0.3) is 0 Å². The summed E-state index contributed by atoms with van der Waals surface area (Å²) in [6, 6.07) is 1.07. The van der Waals surface area contributed by atoms with E-state index < -0.39 is 8.32 Å². The molecule has 0 atom stereocenters. The van der Waals surface area contributed by atoms with Crippen molar-refractivity contribution in [3.8, 4) is 0 Å². The molecule has 0 aliphatic carbocycles. The first-order valence-electron chi connectivity index (χ1n) is 5.42. The normalized spacial score (nSPS) is 12.7. The molecule has 0 bridgehead atoms. The average molecular weight is 216 g/mol. The molecule has 0 rings (SSSR count). The van der Waals surface area contributed by atoms with Gasteiger partial charge in [-0.25, -0.2) is 0 Å². The van der Waals surface area contributed by atoms with Crippen molar-refractivity contribution in [3.05, 3.63) is 0 Å². The van der Waals surface area contributed by atoms with Crippen LogP contribution < -0.4 is 0 Å². The van der Waals surface area contributed by atoms with Crippen LogP contribution in [0.4, 0.5) is 0 Å². The van der Waals surface area contributed by atoms with Gasteiger partial charge in [0.15, 0.2) is 0 Å². The van der Waals surface area contributed by atoms with Crippen molar-refractivity contribution < 1.29 is 9.22 Å². The van der Waals surface area contributed by atoms with Gasteiger partial charge in [0.2, 0.25) is 8.32 Å². The average Bonchev–Trinajstić information content (AvgIpc) is 1.98. The van der Waals surface area contributed by atoms with Gasteiger partial charge < -0.3 is 4.43 Å². The number of unbranched alkanes of at least 4 members (excludes halogenated alkanes) is 1. The molecule has 0 aliphatic rings. The highest BCUT2D eigenvalue weighted by atomic mass is 28.4. The highest BCUT2D eigenvalue weighted by molar-refractivity contribution is 6.72. The molecule has 0 fully saturated rings. The van der Waals surface area contributed by atoms with Gasteiger partial charge in [0.05, 0.1) is 5.41 Å². The zero-order valence-corrected chi connectivity index (χ0v) is 11.4. The molecule has 0 saturated heterocycles. The van der Waals surface area contributed by atoms with Crippen LogP contribution in [0.5, 0.6) is 0 Å². The molecule has 0 spiro atoms. The van der Waals surface area contributed by atoms with Crippen molar-refractivity contribution in [2.45, 2.75) is 59.7 Å². The molecule has 0 saturated carbocycles. The molecule has 0 heterocycles. The minimum absolute atomic E-state index is 0.0507. The number of carbonyl (C=O) groups is 1. The topological polar surface area (TPSA) is 26.3 Å². The van der Waals surface area contributed by atoms with Crippen molar-refractivity contribution in [1.82, 2.24) is 0 Å². The minimum atomic E-state index is -1.75. The molecule has 0 unspecified atom stereocenters. The van der Waals surface area contributed by atoms with Crippen LogP contribution in [0.1, 0.15) is 40.5 Å². The zero-order valence-electron chi connectivity index (χ0n) is 10.4. The van der Waals surface area contributed by atoms with Gasteiger partial charge in [-0.1, -0.05) is 19.8 Å². The second-order valence-corrected chi connectivity index (χ2v) is 9.73. The second kappa shape index (κ2) is 4.96. The number of rotatable bonds is 4. The van der Waals surface area contributed by atoms with Gasteiger partial charge in [-0.2, -0.15) is 0 Å². The third-order valence-electron chi connectivity index (χ3n) is 2.11. The van der Waals surface area contributed by atoms with Crippen molar-refractivity contribution in [2.75, 3.05) is 0 Å². The van der Waals surface area contributed by atoms with E-state index in [1.165, 1.54) is 6.42 Å². The molecule has 0 aliphatic heterocycles. The molecule has 2 nitrogen and oxygen atoms in total. The summed E-state index contributed by atoms with van der Waals surface area (Å²) >= 11 is 0. The summed E-state index contributed by atoms with van der Waals surface area (Å²) in [6.07, 6.45) is 2.33. The first-order chi connectivity index (χ1) is 6.19. The lowest BCUT2D eigenvalue weighted by molar-refractivity contribution is -0.143. The fourth-order valence-electron chi connectivity index (χ4n) is 1.06. The van der Waals surface area contributed by atoms with Crippen LogP contribution in [-0.2, 0) is 9.22 Å². The third-order valence-corrected chi connectivity index (χ3v) is 4.41. The Morgan fingerprint density at radius 2 is 1.79 bits per heavy atom. The molecule has 3 heteroatoms.